The minimum atomic E-state index is -3.88. The van der Waals surface area contributed by atoms with E-state index >= 15 is 0 Å². The first-order valence-electron chi connectivity index (χ1n) is 12.9. The van der Waals surface area contributed by atoms with Gasteiger partial charge in [0.1, 0.15) is 6.04 Å². The highest BCUT2D eigenvalue weighted by atomic mass is 35.5. The summed E-state index contributed by atoms with van der Waals surface area (Å²) in [6.07, 6.45) is 1.03. The van der Waals surface area contributed by atoms with Crippen LogP contribution in [0.2, 0.25) is 10.0 Å². The number of hydrogen-bond donors (Lipinski definition) is 1. The number of halogens is 4. The molecule has 0 bridgehead atoms. The predicted molar refractivity (Wildman–Crippen MR) is 157 cm³/mol. The van der Waals surface area contributed by atoms with Gasteiger partial charge in [0.15, 0.2) is 11.6 Å². The lowest BCUT2D eigenvalue weighted by molar-refractivity contribution is -0.141. The van der Waals surface area contributed by atoms with Crippen molar-refractivity contribution in [2.24, 2.45) is 0 Å². The maximum atomic E-state index is 13.8. The van der Waals surface area contributed by atoms with Gasteiger partial charge in [-0.15, -0.1) is 0 Å². The molecule has 0 aromatic heterocycles. The molecule has 3 rings (SSSR count). The number of hydrogen-bond acceptors (Lipinski definition) is 4. The first-order chi connectivity index (χ1) is 19.4. The molecule has 0 saturated heterocycles. The van der Waals surface area contributed by atoms with Crippen molar-refractivity contribution in [3.05, 3.63) is 99.5 Å². The predicted octanol–water partition coefficient (Wildman–Crippen LogP) is 5.59. The summed E-state index contributed by atoms with van der Waals surface area (Å²) in [5.41, 5.74) is 1.22. The average Bonchev–Trinajstić information content (AvgIpc) is 2.91. The summed E-state index contributed by atoms with van der Waals surface area (Å²) in [4.78, 5) is 28.4. The van der Waals surface area contributed by atoms with E-state index in [1.54, 1.807) is 25.1 Å². The monoisotopic (exact) mass is 625 g/mol. The summed E-state index contributed by atoms with van der Waals surface area (Å²) in [7, 11) is -3.88. The molecule has 0 heterocycles. The molecule has 0 spiro atoms. The Morgan fingerprint density at radius 3 is 2.20 bits per heavy atom. The summed E-state index contributed by atoms with van der Waals surface area (Å²) < 4.78 is 53.1. The number of nitrogens with one attached hydrogen (secondary N) is 1. The Morgan fingerprint density at radius 2 is 1.61 bits per heavy atom. The topological polar surface area (TPSA) is 86.8 Å². The number of sulfonamides is 1. The fourth-order valence-electron chi connectivity index (χ4n) is 4.34. The largest absolute Gasteiger partial charge is 0.355 e. The van der Waals surface area contributed by atoms with E-state index in [0.717, 1.165) is 34.3 Å². The highest BCUT2D eigenvalue weighted by Crippen LogP contribution is 2.28. The van der Waals surface area contributed by atoms with Crippen molar-refractivity contribution in [3.63, 3.8) is 0 Å². The lowest BCUT2D eigenvalue weighted by Crippen LogP contribution is -2.50. The first-order valence-corrected chi connectivity index (χ1v) is 15.5. The number of likely N-dealkylation sites (N-methyl/N-ethyl adjacent to an activating group) is 1. The molecule has 0 aliphatic carbocycles. The van der Waals surface area contributed by atoms with Crippen LogP contribution in [0.5, 0.6) is 0 Å². The van der Waals surface area contributed by atoms with Crippen LogP contribution in [-0.2, 0) is 32.6 Å². The molecule has 7 nitrogen and oxygen atoms in total. The lowest BCUT2D eigenvalue weighted by atomic mass is 10.0. The third-order valence-electron chi connectivity index (χ3n) is 6.36. The summed E-state index contributed by atoms with van der Waals surface area (Å²) in [5.74, 6) is -3.11. The molecule has 0 aliphatic heterocycles. The van der Waals surface area contributed by atoms with Gasteiger partial charge < -0.3 is 10.2 Å². The van der Waals surface area contributed by atoms with Gasteiger partial charge in [-0.2, -0.15) is 0 Å². The molecule has 1 N–H and O–H groups in total. The summed E-state index contributed by atoms with van der Waals surface area (Å²) in [6.45, 7) is 1.87. The van der Waals surface area contributed by atoms with E-state index in [-0.39, 0.29) is 43.9 Å². The summed E-state index contributed by atoms with van der Waals surface area (Å²) in [6, 6.07) is 16.0. The fraction of sp³-hybridized carbons (Fsp3) is 0.310. The Morgan fingerprint density at radius 1 is 0.951 bits per heavy atom. The molecule has 2 amide bonds. The third-order valence-corrected chi connectivity index (χ3v) is 8.26. The van der Waals surface area contributed by atoms with Gasteiger partial charge in [0, 0.05) is 54.2 Å². The van der Waals surface area contributed by atoms with Crippen LogP contribution in [0.1, 0.15) is 30.9 Å². The van der Waals surface area contributed by atoms with E-state index in [1.807, 2.05) is 30.3 Å². The smallest absolute Gasteiger partial charge is 0.243 e. The SMILES string of the molecule is CCNC(=O)[C@@H](Cc1ccccc1)N(Cc1c(Cl)cccc1Cl)C(=O)CCCN(c1ccc(F)c(F)c1)S(C)(=O)=O. The summed E-state index contributed by atoms with van der Waals surface area (Å²) in [5, 5.41) is 3.44. The number of carbonyl (C=O) groups excluding carboxylic acids is 2. The van der Waals surface area contributed by atoms with Crippen LogP contribution in [0, 0.1) is 11.6 Å². The zero-order chi connectivity index (χ0) is 30.2. The van der Waals surface area contributed by atoms with E-state index in [0.29, 0.717) is 22.2 Å². The number of anilines is 1. The molecule has 0 fully saturated rings. The second-order valence-corrected chi connectivity index (χ2v) is 12.1. The Bertz CT molecular complexity index is 1460. The van der Waals surface area contributed by atoms with Crippen LogP contribution in [0.15, 0.2) is 66.7 Å². The number of carbonyl (C=O) groups is 2. The van der Waals surface area contributed by atoms with Gasteiger partial charge in [-0.05, 0) is 43.2 Å². The quantitative estimate of drug-likeness (QED) is 0.268. The molecule has 12 heteroatoms. The van der Waals surface area contributed by atoms with Crippen molar-refractivity contribution in [3.8, 4) is 0 Å². The minimum absolute atomic E-state index is 0.0328. The van der Waals surface area contributed by atoms with Crippen molar-refractivity contribution < 1.29 is 26.8 Å². The highest BCUT2D eigenvalue weighted by molar-refractivity contribution is 7.92. The molecule has 0 aliphatic rings. The van der Waals surface area contributed by atoms with Crippen molar-refractivity contribution >= 4 is 50.7 Å². The molecule has 0 unspecified atom stereocenters. The van der Waals surface area contributed by atoms with E-state index in [1.165, 1.54) is 4.90 Å². The van der Waals surface area contributed by atoms with Crippen LogP contribution in [-0.4, -0.2) is 50.5 Å². The minimum Gasteiger partial charge on any atom is -0.355 e. The van der Waals surface area contributed by atoms with Gasteiger partial charge in [-0.3, -0.25) is 13.9 Å². The normalized spacial score (nSPS) is 12.0. The average molecular weight is 627 g/mol. The van der Waals surface area contributed by atoms with E-state index in [4.69, 9.17) is 23.2 Å². The number of nitrogens with zero attached hydrogens (tertiary/aromatic N) is 2. The first kappa shape index (κ1) is 32.3. The van der Waals surface area contributed by atoms with Crippen LogP contribution >= 0.6 is 23.2 Å². The highest BCUT2D eigenvalue weighted by Gasteiger charge is 2.31. The van der Waals surface area contributed by atoms with Crippen molar-refractivity contribution in [1.82, 2.24) is 10.2 Å². The van der Waals surface area contributed by atoms with Crippen molar-refractivity contribution in [2.45, 2.75) is 38.8 Å². The molecular formula is C29H31Cl2F2N3O4S. The molecule has 1 atom stereocenters. The fourth-order valence-corrected chi connectivity index (χ4v) is 5.82. The molecule has 3 aromatic carbocycles. The molecule has 220 valence electrons. The van der Waals surface area contributed by atoms with Gasteiger partial charge in [-0.25, -0.2) is 17.2 Å². The Labute approximate surface area is 249 Å². The second-order valence-electron chi connectivity index (χ2n) is 9.36. The zero-order valence-corrected chi connectivity index (χ0v) is 24.9. The number of rotatable bonds is 13. The molecule has 0 radical (unpaired) electrons. The van der Waals surface area contributed by atoms with Gasteiger partial charge >= 0.3 is 0 Å². The maximum Gasteiger partial charge on any atom is 0.243 e. The van der Waals surface area contributed by atoms with Gasteiger partial charge in [0.25, 0.3) is 0 Å². The lowest BCUT2D eigenvalue weighted by Gasteiger charge is -2.32. The van der Waals surface area contributed by atoms with Crippen molar-refractivity contribution in [1.29, 1.82) is 0 Å². The van der Waals surface area contributed by atoms with Gasteiger partial charge in [0.05, 0.1) is 11.9 Å². The maximum absolute atomic E-state index is 13.8. The molecular weight excluding hydrogens is 595 g/mol. The van der Waals surface area contributed by atoms with Crippen LogP contribution in [0.4, 0.5) is 14.5 Å². The van der Waals surface area contributed by atoms with E-state index < -0.39 is 33.6 Å². The molecule has 3 aromatic rings. The van der Waals surface area contributed by atoms with Gasteiger partial charge in [-0.1, -0.05) is 59.6 Å². The third kappa shape index (κ3) is 8.89. The van der Waals surface area contributed by atoms with Crippen molar-refractivity contribution in [2.75, 3.05) is 23.7 Å². The number of amides is 2. The van der Waals surface area contributed by atoms with Gasteiger partial charge in [0.2, 0.25) is 21.8 Å². The molecule has 0 saturated carbocycles. The van der Waals surface area contributed by atoms with Crippen LogP contribution in [0.25, 0.3) is 0 Å². The standard InChI is InChI=1S/C29H31Cl2F2N3O4S/c1-3-34-29(38)27(17-20-9-5-4-6-10-20)35(19-22-23(30)11-7-12-24(22)31)28(37)13-8-16-36(41(2,39)40)21-14-15-25(32)26(33)18-21/h4-7,9-12,14-15,18,27H,3,8,13,16-17,19H2,1-2H3,(H,34,38)/t27-/m1/s1. The van der Waals surface area contributed by atoms with E-state index in [9.17, 15) is 26.8 Å². The Hall–Kier alpha value is -3.21. The van der Waals surface area contributed by atoms with Crippen LogP contribution in [0.3, 0.4) is 0 Å². The zero-order valence-electron chi connectivity index (χ0n) is 22.6. The number of benzene rings is 3. The van der Waals surface area contributed by atoms with Crippen LogP contribution < -0.4 is 9.62 Å². The van der Waals surface area contributed by atoms with E-state index in [2.05, 4.69) is 5.32 Å². The second kappa shape index (κ2) is 14.6. The Balaban J connectivity index is 1.91. The molecule has 41 heavy (non-hydrogen) atoms. The Kier molecular flexibility index (Phi) is 11.5. The summed E-state index contributed by atoms with van der Waals surface area (Å²) >= 11 is 12.8.